The molecule has 2 fully saturated rings. The first kappa shape index (κ1) is 19.7. The number of halogens is 1. The molecule has 0 amide bonds. The fraction of sp³-hybridized carbons (Fsp3) is 0.357. The second kappa shape index (κ2) is 6.99. The number of hydrogen-bond acceptors (Lipinski definition) is 2. The number of ketones is 1. The van der Waals surface area contributed by atoms with E-state index in [2.05, 4.69) is 29.4 Å². The lowest BCUT2D eigenvalue weighted by Gasteiger charge is -2.24. The first-order valence-electron chi connectivity index (χ1n) is 11.6. The molecule has 2 aromatic carbocycles. The molecule has 0 saturated heterocycles. The Morgan fingerprint density at radius 1 is 1.12 bits per heavy atom. The highest BCUT2D eigenvalue weighted by molar-refractivity contribution is 5.78. The van der Waals surface area contributed by atoms with Crippen LogP contribution in [0.15, 0.2) is 60.3 Å². The third kappa shape index (κ3) is 2.92. The molecule has 3 nitrogen and oxygen atoms in total. The van der Waals surface area contributed by atoms with E-state index >= 15 is 0 Å². The predicted octanol–water partition coefficient (Wildman–Crippen LogP) is 5.89. The van der Waals surface area contributed by atoms with Gasteiger partial charge in [-0.3, -0.25) is 4.79 Å². The highest BCUT2D eigenvalue weighted by atomic mass is 19.1. The molecule has 1 heterocycles. The van der Waals surface area contributed by atoms with Crippen LogP contribution in [-0.4, -0.2) is 15.6 Å². The van der Waals surface area contributed by atoms with Crippen LogP contribution in [0.3, 0.4) is 0 Å². The molecule has 0 bridgehead atoms. The Labute approximate surface area is 188 Å². The Bertz CT molecular complexity index is 1250. The quantitative estimate of drug-likeness (QED) is 0.493. The Balaban J connectivity index is 1.25. The molecule has 1 spiro atoms. The molecule has 162 valence electrons. The van der Waals surface area contributed by atoms with Crippen molar-refractivity contribution < 1.29 is 9.18 Å². The van der Waals surface area contributed by atoms with Crippen molar-refractivity contribution in [3.8, 4) is 5.69 Å². The van der Waals surface area contributed by atoms with E-state index in [-0.39, 0.29) is 11.6 Å². The number of fused-ring (bicyclic) bond motifs is 1. The summed E-state index contributed by atoms with van der Waals surface area (Å²) in [6.45, 7) is 1.67. The van der Waals surface area contributed by atoms with Crippen LogP contribution >= 0.6 is 0 Å². The first-order chi connectivity index (χ1) is 15.5. The molecule has 3 aliphatic carbocycles. The van der Waals surface area contributed by atoms with E-state index in [9.17, 15) is 9.18 Å². The average Bonchev–Trinajstić information content (AvgIpc) is 3.06. The van der Waals surface area contributed by atoms with Gasteiger partial charge in [-0.15, -0.1) is 0 Å². The molecule has 0 N–H and O–H groups in total. The normalized spacial score (nSPS) is 25.0. The molecule has 1 aromatic heterocycles. The van der Waals surface area contributed by atoms with Gasteiger partial charge in [-0.2, -0.15) is 5.10 Å². The maximum absolute atomic E-state index is 13.4. The molecule has 0 radical (unpaired) electrons. The summed E-state index contributed by atoms with van der Waals surface area (Å²) in [5, 5.41) is 4.65. The fourth-order valence-corrected chi connectivity index (χ4v) is 6.53. The molecular formula is C28H27FN2O. The van der Waals surface area contributed by atoms with E-state index < -0.39 is 0 Å². The topological polar surface area (TPSA) is 34.9 Å². The van der Waals surface area contributed by atoms with Crippen molar-refractivity contribution in [2.75, 3.05) is 0 Å². The van der Waals surface area contributed by atoms with Crippen LogP contribution < -0.4 is 0 Å². The van der Waals surface area contributed by atoms with Crippen LogP contribution in [0.1, 0.15) is 55.0 Å². The van der Waals surface area contributed by atoms with Crippen molar-refractivity contribution in [2.45, 2.75) is 51.9 Å². The number of carbonyl (C=O) groups excluding carboxylic acids is 1. The molecule has 2 saturated carbocycles. The van der Waals surface area contributed by atoms with Crippen LogP contribution in [0.4, 0.5) is 4.39 Å². The summed E-state index contributed by atoms with van der Waals surface area (Å²) < 4.78 is 15.3. The van der Waals surface area contributed by atoms with E-state index in [0.717, 1.165) is 30.6 Å². The minimum atomic E-state index is -0.226. The summed E-state index contributed by atoms with van der Waals surface area (Å²) in [6.07, 6.45) is 11.9. The van der Waals surface area contributed by atoms with Crippen LogP contribution in [0.5, 0.6) is 0 Å². The van der Waals surface area contributed by atoms with E-state index in [1.807, 2.05) is 16.9 Å². The second-order valence-electron chi connectivity index (χ2n) is 9.98. The maximum atomic E-state index is 13.4. The van der Waals surface area contributed by atoms with Crippen LogP contribution in [0.2, 0.25) is 0 Å². The summed E-state index contributed by atoms with van der Waals surface area (Å²) in [5.74, 6) is -0.00178. The smallest absolute Gasteiger partial charge is 0.134 e. The zero-order valence-electron chi connectivity index (χ0n) is 18.4. The summed E-state index contributed by atoms with van der Waals surface area (Å²) in [6, 6.07) is 15.0. The number of allylic oxidation sites excluding steroid dienone is 1. The van der Waals surface area contributed by atoms with Crippen molar-refractivity contribution >= 4 is 11.9 Å². The van der Waals surface area contributed by atoms with E-state index in [1.165, 1.54) is 48.1 Å². The van der Waals surface area contributed by atoms with Crippen molar-refractivity contribution in [3.63, 3.8) is 0 Å². The lowest BCUT2D eigenvalue weighted by Crippen LogP contribution is -2.17. The third-order valence-corrected chi connectivity index (χ3v) is 8.21. The predicted molar refractivity (Wildman–Crippen MR) is 123 cm³/mol. The zero-order chi connectivity index (χ0) is 21.9. The van der Waals surface area contributed by atoms with E-state index in [0.29, 0.717) is 17.3 Å². The van der Waals surface area contributed by atoms with Crippen molar-refractivity contribution in [3.05, 3.63) is 88.5 Å². The van der Waals surface area contributed by atoms with Crippen molar-refractivity contribution in [1.29, 1.82) is 0 Å². The molecule has 0 unspecified atom stereocenters. The van der Waals surface area contributed by atoms with Gasteiger partial charge in [0.05, 0.1) is 17.6 Å². The van der Waals surface area contributed by atoms with Crippen molar-refractivity contribution in [1.82, 2.24) is 9.78 Å². The molecule has 3 aliphatic rings. The Hall–Kier alpha value is -3.01. The number of aryl methyl sites for hydroxylation is 1. The lowest BCUT2D eigenvalue weighted by molar-refractivity contribution is -0.116. The SMILES string of the molecule is CC(=O)Cc1ccccc1CC[C@]12CCC3=Cc4c(cnn4-c4ccc(F)cc4)C[C@@]31C2. The zero-order valence-corrected chi connectivity index (χ0v) is 18.4. The summed E-state index contributed by atoms with van der Waals surface area (Å²) in [5.41, 5.74) is 8.15. The summed E-state index contributed by atoms with van der Waals surface area (Å²) in [7, 11) is 0. The fourth-order valence-electron chi connectivity index (χ4n) is 6.53. The van der Waals surface area contributed by atoms with Crippen molar-refractivity contribution in [2.24, 2.45) is 10.8 Å². The summed E-state index contributed by atoms with van der Waals surface area (Å²) >= 11 is 0. The number of Topliss-reactive ketones (excluding diaryl/α,β-unsaturated/α-hetero) is 1. The molecule has 3 aromatic rings. The van der Waals surface area contributed by atoms with E-state index in [4.69, 9.17) is 0 Å². The van der Waals surface area contributed by atoms with Gasteiger partial charge in [0.15, 0.2) is 0 Å². The molecular weight excluding hydrogens is 399 g/mol. The van der Waals surface area contributed by atoms with E-state index in [1.54, 1.807) is 24.6 Å². The summed E-state index contributed by atoms with van der Waals surface area (Å²) in [4.78, 5) is 11.7. The van der Waals surface area contributed by atoms with Crippen LogP contribution in [0.25, 0.3) is 11.8 Å². The molecule has 32 heavy (non-hydrogen) atoms. The van der Waals surface area contributed by atoms with Crippen LogP contribution in [-0.2, 0) is 24.1 Å². The lowest BCUT2D eigenvalue weighted by atomic mass is 9.80. The van der Waals surface area contributed by atoms with Gasteiger partial charge in [0.25, 0.3) is 0 Å². The third-order valence-electron chi connectivity index (χ3n) is 8.21. The monoisotopic (exact) mass is 426 g/mol. The largest absolute Gasteiger partial charge is 0.300 e. The van der Waals surface area contributed by atoms with Gasteiger partial charge in [0, 0.05) is 11.8 Å². The average molecular weight is 427 g/mol. The molecule has 2 atom stereocenters. The van der Waals surface area contributed by atoms with Gasteiger partial charge in [-0.25, -0.2) is 9.07 Å². The minimum Gasteiger partial charge on any atom is -0.300 e. The van der Waals surface area contributed by atoms with Gasteiger partial charge in [0.1, 0.15) is 11.6 Å². The molecule has 4 heteroatoms. The number of hydrogen-bond donors (Lipinski definition) is 0. The highest BCUT2D eigenvalue weighted by Gasteiger charge is 2.71. The van der Waals surface area contributed by atoms with Gasteiger partial charge in [-0.05, 0) is 97.9 Å². The first-order valence-corrected chi connectivity index (χ1v) is 11.6. The Morgan fingerprint density at radius 3 is 2.69 bits per heavy atom. The Morgan fingerprint density at radius 2 is 1.91 bits per heavy atom. The number of rotatable bonds is 6. The number of aromatic nitrogens is 2. The highest BCUT2D eigenvalue weighted by Crippen LogP contribution is 2.79. The molecule has 6 rings (SSSR count). The standard InChI is InChI=1S/C28H27FN2O/c1-19(32)14-21-5-3-2-4-20(21)10-12-27-13-11-23-15-26-22(16-28(23,27)18-27)17-30-31(26)25-8-6-24(29)7-9-25/h2-9,15,17H,10-14,16,18H2,1H3/t27-,28-/m1/s1. The van der Waals surface area contributed by atoms with Gasteiger partial charge in [-0.1, -0.05) is 29.8 Å². The minimum absolute atomic E-state index is 0.225. The number of benzene rings is 2. The Kier molecular flexibility index (Phi) is 4.30. The van der Waals surface area contributed by atoms with Crippen LogP contribution in [0, 0.1) is 16.6 Å². The van der Waals surface area contributed by atoms with Gasteiger partial charge >= 0.3 is 0 Å². The van der Waals surface area contributed by atoms with Gasteiger partial charge < -0.3 is 0 Å². The number of nitrogens with zero attached hydrogens (tertiary/aromatic N) is 2. The maximum Gasteiger partial charge on any atom is 0.134 e. The van der Waals surface area contributed by atoms with Gasteiger partial charge in [0.2, 0.25) is 0 Å². The molecule has 0 aliphatic heterocycles. The second-order valence-corrected chi connectivity index (χ2v) is 9.98. The number of carbonyl (C=O) groups is 1.